The number of hydrogen-bond acceptors (Lipinski definition) is 6. The fourth-order valence-electron chi connectivity index (χ4n) is 2.22. The van der Waals surface area contributed by atoms with Crippen molar-refractivity contribution < 1.29 is 28.5 Å². The van der Waals surface area contributed by atoms with Crippen molar-refractivity contribution in [3.05, 3.63) is 0 Å². The predicted molar refractivity (Wildman–Crippen MR) is 96.5 cm³/mol. The summed E-state index contributed by atoms with van der Waals surface area (Å²) in [6, 6.07) is 0. The van der Waals surface area contributed by atoms with Gasteiger partial charge in [-0.05, 0) is 13.3 Å². The Bertz CT molecular complexity index is 319. The summed E-state index contributed by atoms with van der Waals surface area (Å²) in [5.41, 5.74) is 0. The molecule has 0 saturated heterocycles. The highest BCUT2D eigenvalue weighted by Crippen LogP contribution is 2.08. The van der Waals surface area contributed by atoms with Crippen LogP contribution in [0.15, 0.2) is 0 Å². The van der Waals surface area contributed by atoms with Crippen molar-refractivity contribution in [2.24, 2.45) is 0 Å². The Kier molecular flexibility index (Phi) is 18.3. The van der Waals surface area contributed by atoms with Crippen molar-refractivity contribution >= 4 is 11.9 Å². The molecule has 6 heteroatoms. The van der Waals surface area contributed by atoms with Crippen molar-refractivity contribution in [2.45, 2.75) is 71.6 Å². The van der Waals surface area contributed by atoms with E-state index < -0.39 is 0 Å². The zero-order valence-corrected chi connectivity index (χ0v) is 16.1. The molecule has 0 aliphatic carbocycles. The standard InChI is InChI=1S/C19H36O6/c1-3-5-6-7-8-9-10-11-18(20)25-17-16-23-15-14-22-13-12-19(21)24-4-2/h3-17H2,1-2H3. The minimum Gasteiger partial charge on any atom is -0.466 e. The third-order valence-corrected chi connectivity index (χ3v) is 3.60. The van der Waals surface area contributed by atoms with Crippen LogP contribution in [0.25, 0.3) is 0 Å². The molecule has 0 N–H and O–H groups in total. The molecule has 6 nitrogen and oxygen atoms in total. The summed E-state index contributed by atoms with van der Waals surface area (Å²) in [7, 11) is 0. The maximum Gasteiger partial charge on any atom is 0.308 e. The van der Waals surface area contributed by atoms with Gasteiger partial charge in [-0.2, -0.15) is 0 Å². The summed E-state index contributed by atoms with van der Waals surface area (Å²) in [6.07, 6.45) is 9.07. The highest BCUT2D eigenvalue weighted by atomic mass is 16.6. The van der Waals surface area contributed by atoms with Crippen molar-refractivity contribution in [1.82, 2.24) is 0 Å². The molecule has 0 heterocycles. The second-order valence-corrected chi connectivity index (χ2v) is 5.87. The van der Waals surface area contributed by atoms with E-state index >= 15 is 0 Å². The van der Waals surface area contributed by atoms with Gasteiger partial charge in [-0.1, -0.05) is 45.4 Å². The largest absolute Gasteiger partial charge is 0.466 e. The van der Waals surface area contributed by atoms with Gasteiger partial charge in [0.1, 0.15) is 6.61 Å². The topological polar surface area (TPSA) is 71.1 Å². The van der Waals surface area contributed by atoms with Gasteiger partial charge in [0, 0.05) is 6.42 Å². The summed E-state index contributed by atoms with van der Waals surface area (Å²) >= 11 is 0. The Morgan fingerprint density at radius 1 is 0.600 bits per heavy atom. The molecule has 0 bridgehead atoms. The molecule has 0 saturated carbocycles. The van der Waals surface area contributed by atoms with Crippen LogP contribution in [0, 0.1) is 0 Å². The van der Waals surface area contributed by atoms with Crippen molar-refractivity contribution in [3.8, 4) is 0 Å². The maximum absolute atomic E-state index is 11.5. The van der Waals surface area contributed by atoms with Gasteiger partial charge in [0.05, 0.1) is 39.5 Å². The van der Waals surface area contributed by atoms with E-state index in [1.54, 1.807) is 6.92 Å². The normalized spacial score (nSPS) is 10.6. The number of hydrogen-bond donors (Lipinski definition) is 0. The number of rotatable bonds is 18. The third kappa shape index (κ3) is 19.0. The fourth-order valence-corrected chi connectivity index (χ4v) is 2.22. The van der Waals surface area contributed by atoms with Crippen LogP contribution < -0.4 is 0 Å². The van der Waals surface area contributed by atoms with Crippen LogP contribution in [0.5, 0.6) is 0 Å². The minimum atomic E-state index is -0.253. The summed E-state index contributed by atoms with van der Waals surface area (Å²) in [6.45, 7) is 6.16. The Balaban J connectivity index is 3.20. The average molecular weight is 360 g/mol. The van der Waals surface area contributed by atoms with Crippen molar-refractivity contribution in [1.29, 1.82) is 0 Å². The van der Waals surface area contributed by atoms with E-state index in [1.807, 2.05) is 0 Å². The highest BCUT2D eigenvalue weighted by molar-refractivity contribution is 5.69. The quantitative estimate of drug-likeness (QED) is 0.274. The Morgan fingerprint density at radius 2 is 1.16 bits per heavy atom. The molecule has 0 spiro atoms. The van der Waals surface area contributed by atoms with Gasteiger partial charge in [-0.3, -0.25) is 9.59 Å². The van der Waals surface area contributed by atoms with Gasteiger partial charge in [-0.25, -0.2) is 0 Å². The lowest BCUT2D eigenvalue weighted by Gasteiger charge is -2.07. The van der Waals surface area contributed by atoms with Crippen LogP contribution in [0.1, 0.15) is 71.6 Å². The Labute approximate surface area is 152 Å². The van der Waals surface area contributed by atoms with Crippen molar-refractivity contribution in [2.75, 3.05) is 39.6 Å². The van der Waals surface area contributed by atoms with E-state index in [0.29, 0.717) is 39.5 Å². The van der Waals surface area contributed by atoms with Gasteiger partial charge in [-0.15, -0.1) is 0 Å². The molecule has 0 amide bonds. The minimum absolute atomic E-state index is 0.150. The molecule has 0 aliphatic heterocycles. The molecule has 0 aromatic heterocycles. The van der Waals surface area contributed by atoms with Crippen LogP contribution in [-0.4, -0.2) is 51.6 Å². The van der Waals surface area contributed by atoms with E-state index in [0.717, 1.165) is 12.8 Å². The predicted octanol–water partition coefficient (Wildman–Crippen LogP) is 3.66. The lowest BCUT2D eigenvalue weighted by molar-refractivity contribution is -0.145. The molecule has 148 valence electrons. The van der Waals surface area contributed by atoms with E-state index in [2.05, 4.69) is 6.92 Å². The smallest absolute Gasteiger partial charge is 0.308 e. The monoisotopic (exact) mass is 360 g/mol. The Morgan fingerprint density at radius 3 is 1.84 bits per heavy atom. The molecule has 0 atom stereocenters. The highest BCUT2D eigenvalue weighted by Gasteiger charge is 2.03. The zero-order valence-electron chi connectivity index (χ0n) is 16.1. The second kappa shape index (κ2) is 19.2. The van der Waals surface area contributed by atoms with Gasteiger partial charge in [0.2, 0.25) is 0 Å². The van der Waals surface area contributed by atoms with Gasteiger partial charge in [0.25, 0.3) is 0 Å². The third-order valence-electron chi connectivity index (χ3n) is 3.60. The molecule has 0 radical (unpaired) electrons. The Hall–Kier alpha value is -1.14. The van der Waals surface area contributed by atoms with Gasteiger partial charge >= 0.3 is 11.9 Å². The molecule has 0 rings (SSSR count). The summed E-state index contributed by atoms with van der Waals surface area (Å²) in [5.74, 6) is -0.404. The zero-order chi connectivity index (χ0) is 18.6. The van der Waals surface area contributed by atoms with E-state index in [1.165, 1.54) is 32.1 Å². The SMILES string of the molecule is CCCCCCCCCC(=O)OCCOCCOCCC(=O)OCC. The van der Waals surface area contributed by atoms with E-state index in [4.69, 9.17) is 18.9 Å². The van der Waals surface area contributed by atoms with Gasteiger partial charge < -0.3 is 18.9 Å². The van der Waals surface area contributed by atoms with Crippen LogP contribution in [0.3, 0.4) is 0 Å². The van der Waals surface area contributed by atoms with Crippen LogP contribution in [-0.2, 0) is 28.5 Å². The second-order valence-electron chi connectivity index (χ2n) is 5.87. The molecule has 0 aromatic rings. The molecule has 0 unspecified atom stereocenters. The molecule has 25 heavy (non-hydrogen) atoms. The lowest BCUT2D eigenvalue weighted by Crippen LogP contribution is -2.14. The summed E-state index contributed by atoms with van der Waals surface area (Å²) < 4.78 is 20.4. The number of carbonyl (C=O) groups is 2. The first-order valence-electron chi connectivity index (χ1n) is 9.67. The van der Waals surface area contributed by atoms with Gasteiger partial charge in [0.15, 0.2) is 0 Å². The first kappa shape index (κ1) is 23.9. The number of esters is 2. The molecule has 0 fully saturated rings. The fraction of sp³-hybridized carbons (Fsp3) is 0.895. The van der Waals surface area contributed by atoms with Crippen LogP contribution >= 0.6 is 0 Å². The number of ether oxygens (including phenoxy) is 4. The lowest BCUT2D eigenvalue weighted by atomic mass is 10.1. The first-order chi connectivity index (χ1) is 12.2. The van der Waals surface area contributed by atoms with Crippen molar-refractivity contribution in [3.63, 3.8) is 0 Å². The maximum atomic E-state index is 11.5. The summed E-state index contributed by atoms with van der Waals surface area (Å²) in [4.78, 5) is 22.6. The first-order valence-corrected chi connectivity index (χ1v) is 9.67. The number of unbranched alkanes of at least 4 members (excludes halogenated alkanes) is 6. The number of carbonyl (C=O) groups excluding carboxylic acids is 2. The van der Waals surface area contributed by atoms with Crippen LogP contribution in [0.4, 0.5) is 0 Å². The molecular weight excluding hydrogens is 324 g/mol. The molecule has 0 aliphatic rings. The molecular formula is C19H36O6. The average Bonchev–Trinajstić information content (AvgIpc) is 2.59. The summed E-state index contributed by atoms with van der Waals surface area (Å²) in [5, 5.41) is 0. The van der Waals surface area contributed by atoms with Crippen LogP contribution in [0.2, 0.25) is 0 Å². The van der Waals surface area contributed by atoms with E-state index in [9.17, 15) is 9.59 Å². The van der Waals surface area contributed by atoms with E-state index in [-0.39, 0.29) is 25.0 Å². The molecule has 0 aromatic carbocycles.